The fourth-order valence-corrected chi connectivity index (χ4v) is 1.80. The minimum atomic E-state index is -0.496. The molecule has 1 aromatic carbocycles. The molecule has 19 heavy (non-hydrogen) atoms. The second-order valence-corrected chi connectivity index (χ2v) is 4.38. The number of amides is 1. The summed E-state index contributed by atoms with van der Waals surface area (Å²) < 4.78 is 9.80. The molecule has 1 heterocycles. The number of ether oxygens (including phenoxy) is 1. The second kappa shape index (κ2) is 5.66. The number of rotatable bonds is 3. The van der Waals surface area contributed by atoms with Gasteiger partial charge in [-0.05, 0) is 34.1 Å². The highest BCUT2D eigenvalue weighted by atomic mass is 79.9. The lowest BCUT2D eigenvalue weighted by Crippen LogP contribution is -2.13. The zero-order valence-corrected chi connectivity index (χ0v) is 11.4. The quantitative estimate of drug-likeness (QED) is 0.877. The van der Waals surface area contributed by atoms with Gasteiger partial charge in [0.2, 0.25) is 0 Å². The molecule has 1 N–H and O–H groups in total. The number of hydrogen-bond acceptors (Lipinski definition) is 5. The van der Waals surface area contributed by atoms with Crippen LogP contribution in [-0.4, -0.2) is 24.1 Å². The lowest BCUT2D eigenvalue weighted by Gasteiger charge is -2.07. The third kappa shape index (κ3) is 3.00. The van der Waals surface area contributed by atoms with Gasteiger partial charge in [-0.15, -0.1) is 0 Å². The molecule has 0 saturated heterocycles. The molecule has 2 rings (SSSR count). The Labute approximate surface area is 116 Å². The Balaban J connectivity index is 2.22. The van der Waals surface area contributed by atoms with Gasteiger partial charge in [0.05, 0.1) is 12.7 Å². The molecule has 0 unspecified atom stereocenters. The third-order valence-electron chi connectivity index (χ3n) is 2.30. The number of esters is 1. The molecule has 0 aliphatic rings. The summed E-state index contributed by atoms with van der Waals surface area (Å²) in [6.45, 7) is 0. The van der Waals surface area contributed by atoms with Crippen molar-refractivity contribution in [1.82, 2.24) is 5.16 Å². The molecule has 1 amide bonds. The van der Waals surface area contributed by atoms with Crippen molar-refractivity contribution in [1.29, 1.82) is 0 Å². The molecule has 0 aliphatic heterocycles. The first-order valence-electron chi connectivity index (χ1n) is 5.21. The highest BCUT2D eigenvalue weighted by molar-refractivity contribution is 9.10. The van der Waals surface area contributed by atoms with Crippen LogP contribution in [0.5, 0.6) is 0 Å². The van der Waals surface area contributed by atoms with Crippen LogP contribution in [0, 0.1) is 0 Å². The molecule has 0 saturated carbocycles. The SMILES string of the molecule is COC(=O)c1cc(NC(=O)c2ccon2)ccc1Br. The second-order valence-electron chi connectivity index (χ2n) is 3.53. The van der Waals surface area contributed by atoms with E-state index in [1.54, 1.807) is 12.1 Å². The van der Waals surface area contributed by atoms with E-state index in [9.17, 15) is 9.59 Å². The molecule has 2 aromatic rings. The summed E-state index contributed by atoms with van der Waals surface area (Å²) in [5.74, 6) is -0.920. The average molecular weight is 325 g/mol. The minimum absolute atomic E-state index is 0.155. The van der Waals surface area contributed by atoms with Crippen LogP contribution in [0.4, 0.5) is 5.69 Å². The first-order valence-corrected chi connectivity index (χ1v) is 6.00. The maximum absolute atomic E-state index is 11.7. The Bertz CT molecular complexity index is 610. The molecular formula is C12H9BrN2O4. The van der Waals surface area contributed by atoms with Crippen molar-refractivity contribution in [3.8, 4) is 0 Å². The zero-order chi connectivity index (χ0) is 13.8. The minimum Gasteiger partial charge on any atom is -0.465 e. The summed E-state index contributed by atoms with van der Waals surface area (Å²) in [6.07, 6.45) is 1.30. The standard InChI is InChI=1S/C12H9BrN2O4/c1-18-12(17)8-6-7(2-3-9(8)13)14-11(16)10-4-5-19-15-10/h2-6H,1H3,(H,14,16). The van der Waals surface area contributed by atoms with E-state index >= 15 is 0 Å². The van der Waals surface area contributed by atoms with Gasteiger partial charge in [-0.25, -0.2) is 4.79 Å². The lowest BCUT2D eigenvalue weighted by atomic mass is 10.2. The predicted octanol–water partition coefficient (Wildman–Crippen LogP) is 2.48. The molecule has 0 fully saturated rings. The van der Waals surface area contributed by atoms with Crippen LogP contribution in [-0.2, 0) is 4.74 Å². The normalized spacial score (nSPS) is 10.0. The number of nitrogens with one attached hydrogen (secondary N) is 1. The van der Waals surface area contributed by atoms with Gasteiger partial charge < -0.3 is 14.6 Å². The smallest absolute Gasteiger partial charge is 0.339 e. The van der Waals surface area contributed by atoms with Crippen molar-refractivity contribution in [3.05, 3.63) is 46.3 Å². The van der Waals surface area contributed by atoms with Gasteiger partial charge in [-0.1, -0.05) is 5.16 Å². The van der Waals surface area contributed by atoms with E-state index < -0.39 is 11.9 Å². The summed E-state index contributed by atoms with van der Waals surface area (Å²) in [4.78, 5) is 23.3. The Morgan fingerprint density at radius 3 is 2.79 bits per heavy atom. The number of anilines is 1. The monoisotopic (exact) mass is 324 g/mol. The largest absolute Gasteiger partial charge is 0.465 e. The maximum atomic E-state index is 11.7. The molecule has 0 atom stereocenters. The van der Waals surface area contributed by atoms with E-state index in [2.05, 4.69) is 35.7 Å². The van der Waals surface area contributed by atoms with Crippen molar-refractivity contribution >= 4 is 33.5 Å². The first-order chi connectivity index (χ1) is 9.11. The van der Waals surface area contributed by atoms with Gasteiger partial charge >= 0.3 is 5.97 Å². The number of aromatic nitrogens is 1. The Morgan fingerprint density at radius 2 is 2.16 bits per heavy atom. The summed E-state index contributed by atoms with van der Waals surface area (Å²) in [5, 5.41) is 6.12. The van der Waals surface area contributed by atoms with E-state index in [0.717, 1.165) is 0 Å². The van der Waals surface area contributed by atoms with Crippen LogP contribution in [0.15, 0.2) is 39.5 Å². The number of benzene rings is 1. The van der Waals surface area contributed by atoms with Gasteiger partial charge in [0.1, 0.15) is 6.26 Å². The van der Waals surface area contributed by atoms with Crippen LogP contribution < -0.4 is 5.32 Å². The summed E-state index contributed by atoms with van der Waals surface area (Å²) in [7, 11) is 1.29. The van der Waals surface area contributed by atoms with Crippen LogP contribution >= 0.6 is 15.9 Å². The molecule has 0 radical (unpaired) electrons. The maximum Gasteiger partial charge on any atom is 0.339 e. The van der Waals surface area contributed by atoms with E-state index in [1.807, 2.05) is 0 Å². The van der Waals surface area contributed by atoms with Crippen molar-refractivity contribution < 1.29 is 18.8 Å². The number of halogens is 1. The Hall–Kier alpha value is -2.15. The average Bonchev–Trinajstić information content (AvgIpc) is 2.94. The molecule has 0 spiro atoms. The summed E-state index contributed by atoms with van der Waals surface area (Å²) >= 11 is 3.24. The van der Waals surface area contributed by atoms with Crippen LogP contribution in [0.25, 0.3) is 0 Å². The zero-order valence-electron chi connectivity index (χ0n) is 9.84. The van der Waals surface area contributed by atoms with Crippen LogP contribution in [0.2, 0.25) is 0 Å². The van der Waals surface area contributed by atoms with Crippen molar-refractivity contribution in [2.24, 2.45) is 0 Å². The molecule has 0 aliphatic carbocycles. The van der Waals surface area contributed by atoms with Crippen molar-refractivity contribution in [2.75, 3.05) is 12.4 Å². The topological polar surface area (TPSA) is 81.4 Å². The van der Waals surface area contributed by atoms with Gasteiger partial charge in [0.15, 0.2) is 5.69 Å². The molecule has 1 aromatic heterocycles. The summed E-state index contributed by atoms with van der Waals surface area (Å²) in [6, 6.07) is 6.24. The predicted molar refractivity (Wildman–Crippen MR) is 69.9 cm³/mol. The molecular weight excluding hydrogens is 316 g/mol. The van der Waals surface area contributed by atoms with Gasteiger partial charge in [0, 0.05) is 16.2 Å². The molecule has 0 bridgehead atoms. The number of carbonyl (C=O) groups excluding carboxylic acids is 2. The van der Waals surface area contributed by atoms with Gasteiger partial charge in [-0.2, -0.15) is 0 Å². The van der Waals surface area contributed by atoms with E-state index in [4.69, 9.17) is 0 Å². The number of carbonyl (C=O) groups is 2. The van der Waals surface area contributed by atoms with E-state index in [1.165, 1.54) is 25.5 Å². The fraction of sp³-hybridized carbons (Fsp3) is 0.0833. The van der Waals surface area contributed by atoms with Crippen molar-refractivity contribution in [3.63, 3.8) is 0 Å². The highest BCUT2D eigenvalue weighted by Gasteiger charge is 2.14. The Morgan fingerprint density at radius 1 is 1.37 bits per heavy atom. The number of nitrogens with zero attached hydrogens (tertiary/aromatic N) is 1. The van der Waals surface area contributed by atoms with E-state index in [-0.39, 0.29) is 5.69 Å². The Kier molecular flexibility index (Phi) is 3.96. The fourth-order valence-electron chi connectivity index (χ4n) is 1.39. The first kappa shape index (κ1) is 13.3. The van der Waals surface area contributed by atoms with Gasteiger partial charge in [0.25, 0.3) is 5.91 Å². The van der Waals surface area contributed by atoms with E-state index in [0.29, 0.717) is 15.7 Å². The number of methoxy groups -OCH3 is 1. The number of hydrogen-bond donors (Lipinski definition) is 1. The van der Waals surface area contributed by atoms with Gasteiger partial charge in [-0.3, -0.25) is 4.79 Å². The van der Waals surface area contributed by atoms with Crippen LogP contribution in [0.3, 0.4) is 0 Å². The lowest BCUT2D eigenvalue weighted by molar-refractivity contribution is 0.0599. The van der Waals surface area contributed by atoms with Crippen molar-refractivity contribution in [2.45, 2.75) is 0 Å². The summed E-state index contributed by atoms with van der Waals surface area (Å²) in [5.41, 5.74) is 0.930. The molecule has 7 heteroatoms. The molecule has 98 valence electrons. The van der Waals surface area contributed by atoms with Crippen LogP contribution in [0.1, 0.15) is 20.8 Å². The third-order valence-corrected chi connectivity index (χ3v) is 2.99. The molecule has 6 nitrogen and oxygen atoms in total. The highest BCUT2D eigenvalue weighted by Crippen LogP contribution is 2.22.